The Labute approximate surface area is 115 Å². The lowest BCUT2D eigenvalue weighted by molar-refractivity contribution is 0.623. The molecule has 0 fully saturated rings. The predicted molar refractivity (Wildman–Crippen MR) is 72.1 cm³/mol. The fraction of sp³-hybridized carbons (Fsp3) is 0.231. The standard InChI is InChI=1S/C13H12ClFN4/c14-12-8-5-6-16-7-11(8)18-13(19-12)17-10-4-2-1-3-9(10)15/h1-4,16H,5-7H2,(H,17,18,19). The molecule has 2 heterocycles. The zero-order chi connectivity index (χ0) is 13.2. The normalized spacial score (nSPS) is 14.0. The topological polar surface area (TPSA) is 49.8 Å². The first kappa shape index (κ1) is 12.3. The van der Waals surface area contributed by atoms with E-state index in [0.717, 1.165) is 24.2 Å². The molecular weight excluding hydrogens is 267 g/mol. The molecule has 2 N–H and O–H groups in total. The Morgan fingerprint density at radius 3 is 2.95 bits per heavy atom. The maximum Gasteiger partial charge on any atom is 0.229 e. The second-order valence-electron chi connectivity index (χ2n) is 4.29. The van der Waals surface area contributed by atoms with Crippen LogP contribution in [0.1, 0.15) is 11.3 Å². The van der Waals surface area contributed by atoms with Crippen LogP contribution in [0, 0.1) is 5.82 Å². The second-order valence-corrected chi connectivity index (χ2v) is 4.65. The number of hydrogen-bond acceptors (Lipinski definition) is 4. The molecule has 0 unspecified atom stereocenters. The first-order valence-electron chi connectivity index (χ1n) is 6.01. The van der Waals surface area contributed by atoms with Crippen molar-refractivity contribution in [1.82, 2.24) is 15.3 Å². The molecule has 0 spiro atoms. The van der Waals surface area contributed by atoms with Gasteiger partial charge in [0, 0.05) is 12.1 Å². The van der Waals surface area contributed by atoms with Gasteiger partial charge < -0.3 is 10.6 Å². The van der Waals surface area contributed by atoms with E-state index in [2.05, 4.69) is 20.6 Å². The fourth-order valence-corrected chi connectivity index (χ4v) is 2.34. The van der Waals surface area contributed by atoms with E-state index in [0.29, 0.717) is 23.3 Å². The lowest BCUT2D eigenvalue weighted by Gasteiger charge is -2.18. The molecule has 0 saturated heterocycles. The van der Waals surface area contributed by atoms with Crippen molar-refractivity contribution < 1.29 is 4.39 Å². The van der Waals surface area contributed by atoms with Gasteiger partial charge in [-0.25, -0.2) is 14.4 Å². The molecule has 98 valence electrons. The minimum atomic E-state index is -0.349. The summed E-state index contributed by atoms with van der Waals surface area (Å²) in [6.07, 6.45) is 0.814. The third-order valence-corrected chi connectivity index (χ3v) is 3.32. The highest BCUT2D eigenvalue weighted by molar-refractivity contribution is 6.30. The lowest BCUT2D eigenvalue weighted by Crippen LogP contribution is -2.25. The Hall–Kier alpha value is -1.72. The molecule has 4 nitrogen and oxygen atoms in total. The van der Waals surface area contributed by atoms with Crippen LogP contribution in [0.5, 0.6) is 0 Å². The van der Waals surface area contributed by atoms with Crippen molar-refractivity contribution in [3.63, 3.8) is 0 Å². The SMILES string of the molecule is Fc1ccccc1Nc1nc(Cl)c2c(n1)CNCC2. The summed E-state index contributed by atoms with van der Waals surface area (Å²) in [5, 5.41) is 6.51. The predicted octanol–water partition coefficient (Wildman–Crippen LogP) is 2.66. The second kappa shape index (κ2) is 5.11. The molecule has 19 heavy (non-hydrogen) atoms. The van der Waals surface area contributed by atoms with Crippen LogP contribution in [0.3, 0.4) is 0 Å². The third-order valence-electron chi connectivity index (χ3n) is 3.01. The highest BCUT2D eigenvalue weighted by Gasteiger charge is 2.16. The van der Waals surface area contributed by atoms with Crippen molar-refractivity contribution in [2.75, 3.05) is 11.9 Å². The number of nitrogens with zero attached hydrogens (tertiary/aromatic N) is 2. The Bertz CT molecular complexity index is 618. The average Bonchev–Trinajstić information content (AvgIpc) is 2.42. The Kier molecular flexibility index (Phi) is 3.31. The van der Waals surface area contributed by atoms with Gasteiger partial charge in [0.25, 0.3) is 0 Å². The summed E-state index contributed by atoms with van der Waals surface area (Å²) in [6, 6.07) is 6.38. The van der Waals surface area contributed by atoms with Crippen molar-refractivity contribution in [3.8, 4) is 0 Å². The minimum Gasteiger partial charge on any atom is -0.322 e. The first-order chi connectivity index (χ1) is 9.24. The molecule has 0 atom stereocenters. The van der Waals surface area contributed by atoms with E-state index in [9.17, 15) is 4.39 Å². The molecule has 0 amide bonds. The maximum atomic E-state index is 13.6. The summed E-state index contributed by atoms with van der Waals surface area (Å²) in [5.74, 6) is -0.0318. The number of hydrogen-bond donors (Lipinski definition) is 2. The van der Waals surface area contributed by atoms with Crippen molar-refractivity contribution in [2.24, 2.45) is 0 Å². The summed E-state index contributed by atoms with van der Waals surface area (Å²) < 4.78 is 13.6. The largest absolute Gasteiger partial charge is 0.322 e. The molecule has 1 aliphatic rings. The number of aromatic nitrogens is 2. The summed E-state index contributed by atoms with van der Waals surface area (Å²) in [5.41, 5.74) is 2.17. The third kappa shape index (κ3) is 2.52. The van der Waals surface area contributed by atoms with Crippen LogP contribution in [0.25, 0.3) is 0 Å². The number of halogens is 2. The molecule has 1 aliphatic heterocycles. The first-order valence-corrected chi connectivity index (χ1v) is 6.39. The number of anilines is 2. The van der Waals surface area contributed by atoms with Crippen molar-refractivity contribution in [1.29, 1.82) is 0 Å². The lowest BCUT2D eigenvalue weighted by atomic mass is 10.1. The minimum absolute atomic E-state index is 0.317. The molecule has 0 radical (unpaired) electrons. The van der Waals surface area contributed by atoms with E-state index in [4.69, 9.17) is 11.6 Å². The Morgan fingerprint density at radius 2 is 2.11 bits per heavy atom. The summed E-state index contributed by atoms with van der Waals surface area (Å²) in [4.78, 5) is 8.55. The highest BCUT2D eigenvalue weighted by Crippen LogP contribution is 2.24. The van der Waals surface area contributed by atoms with Crippen LogP contribution in [-0.4, -0.2) is 16.5 Å². The van der Waals surface area contributed by atoms with Crippen LogP contribution >= 0.6 is 11.6 Å². The van der Waals surface area contributed by atoms with Gasteiger partial charge in [0.1, 0.15) is 11.0 Å². The maximum absolute atomic E-state index is 13.6. The highest BCUT2D eigenvalue weighted by atomic mass is 35.5. The Morgan fingerprint density at radius 1 is 1.26 bits per heavy atom. The van der Waals surface area contributed by atoms with Gasteiger partial charge in [-0.1, -0.05) is 23.7 Å². The van der Waals surface area contributed by atoms with Gasteiger partial charge in [-0.15, -0.1) is 0 Å². The van der Waals surface area contributed by atoms with Crippen LogP contribution < -0.4 is 10.6 Å². The van der Waals surface area contributed by atoms with Crippen LogP contribution in [0.2, 0.25) is 5.15 Å². The van der Waals surface area contributed by atoms with Gasteiger partial charge in [-0.3, -0.25) is 0 Å². The molecule has 2 aromatic rings. The number of benzene rings is 1. The van der Waals surface area contributed by atoms with E-state index >= 15 is 0 Å². The molecule has 0 saturated carbocycles. The van der Waals surface area contributed by atoms with Gasteiger partial charge in [-0.05, 0) is 25.1 Å². The molecular formula is C13H12ClFN4. The van der Waals surface area contributed by atoms with Crippen LogP contribution in [0.15, 0.2) is 24.3 Å². The summed E-state index contributed by atoms with van der Waals surface area (Å²) in [7, 11) is 0. The van der Waals surface area contributed by atoms with E-state index in [1.54, 1.807) is 18.2 Å². The zero-order valence-electron chi connectivity index (χ0n) is 10.1. The zero-order valence-corrected chi connectivity index (χ0v) is 10.8. The molecule has 6 heteroatoms. The van der Waals surface area contributed by atoms with E-state index < -0.39 is 0 Å². The van der Waals surface area contributed by atoms with Crippen LogP contribution in [-0.2, 0) is 13.0 Å². The van der Waals surface area contributed by atoms with Gasteiger partial charge in [0.15, 0.2) is 0 Å². The molecule has 1 aromatic carbocycles. The van der Waals surface area contributed by atoms with Crippen molar-refractivity contribution in [2.45, 2.75) is 13.0 Å². The van der Waals surface area contributed by atoms with Crippen LogP contribution in [0.4, 0.5) is 16.0 Å². The van der Waals surface area contributed by atoms with Gasteiger partial charge in [0.2, 0.25) is 5.95 Å². The van der Waals surface area contributed by atoms with Gasteiger partial charge in [-0.2, -0.15) is 0 Å². The summed E-state index contributed by atoms with van der Waals surface area (Å²) >= 11 is 6.14. The molecule has 3 rings (SSSR count). The number of para-hydroxylation sites is 1. The van der Waals surface area contributed by atoms with E-state index in [-0.39, 0.29) is 5.82 Å². The number of rotatable bonds is 2. The van der Waals surface area contributed by atoms with E-state index in [1.807, 2.05) is 0 Å². The molecule has 0 aliphatic carbocycles. The van der Waals surface area contributed by atoms with Gasteiger partial charge in [0.05, 0.1) is 11.4 Å². The monoisotopic (exact) mass is 278 g/mol. The fourth-order valence-electron chi connectivity index (χ4n) is 2.05. The average molecular weight is 279 g/mol. The molecule has 1 aromatic heterocycles. The molecule has 0 bridgehead atoms. The van der Waals surface area contributed by atoms with E-state index in [1.165, 1.54) is 6.07 Å². The van der Waals surface area contributed by atoms with Gasteiger partial charge >= 0.3 is 0 Å². The number of fused-ring (bicyclic) bond motifs is 1. The van der Waals surface area contributed by atoms with Crippen molar-refractivity contribution in [3.05, 3.63) is 46.5 Å². The number of nitrogens with one attached hydrogen (secondary N) is 2. The smallest absolute Gasteiger partial charge is 0.229 e. The quantitative estimate of drug-likeness (QED) is 0.829. The summed E-state index contributed by atoms with van der Waals surface area (Å²) in [6.45, 7) is 1.53. The van der Waals surface area contributed by atoms with Crippen molar-refractivity contribution >= 4 is 23.2 Å². The Balaban J connectivity index is 1.94.